The second-order valence-corrected chi connectivity index (χ2v) is 4.60. The van der Waals surface area contributed by atoms with Crippen molar-refractivity contribution in [3.63, 3.8) is 0 Å². The quantitative estimate of drug-likeness (QED) is 0.635. The number of hydrogen-bond acceptors (Lipinski definition) is 4. The van der Waals surface area contributed by atoms with Crippen molar-refractivity contribution in [2.45, 2.75) is 53.2 Å². The molecule has 0 rings (SSSR count). The fourth-order valence-electron chi connectivity index (χ4n) is 1.62. The fourth-order valence-corrected chi connectivity index (χ4v) is 1.62. The van der Waals surface area contributed by atoms with E-state index in [1.807, 2.05) is 41.5 Å². The van der Waals surface area contributed by atoms with Gasteiger partial charge < -0.3 is 19.7 Å². The van der Waals surface area contributed by atoms with Crippen molar-refractivity contribution in [2.75, 3.05) is 26.4 Å². The Balaban J connectivity index is 0. The molecule has 0 aliphatic carbocycles. The minimum absolute atomic E-state index is 0.00644. The third kappa shape index (κ3) is 7.06. The van der Waals surface area contributed by atoms with Gasteiger partial charge in [0.25, 0.3) is 0 Å². The molecular formula is C15H32O4. The summed E-state index contributed by atoms with van der Waals surface area (Å²) < 4.78 is 11.1. The Hall–Kier alpha value is -0.420. The summed E-state index contributed by atoms with van der Waals surface area (Å²) in [6, 6.07) is 0. The van der Waals surface area contributed by atoms with E-state index >= 15 is 0 Å². The number of rotatable bonds is 9. The van der Waals surface area contributed by atoms with Crippen LogP contribution >= 0.6 is 0 Å². The zero-order chi connectivity index (χ0) is 15.5. The molecule has 0 heterocycles. The van der Waals surface area contributed by atoms with E-state index in [1.54, 1.807) is 0 Å². The highest BCUT2D eigenvalue weighted by atomic mass is 16.5. The molecule has 0 spiro atoms. The molecular weight excluding hydrogens is 244 g/mol. The zero-order valence-corrected chi connectivity index (χ0v) is 13.4. The van der Waals surface area contributed by atoms with E-state index in [4.69, 9.17) is 19.7 Å². The monoisotopic (exact) mass is 276 g/mol. The highest BCUT2D eigenvalue weighted by Gasteiger charge is 2.35. The van der Waals surface area contributed by atoms with Crippen LogP contribution in [0.4, 0.5) is 0 Å². The lowest BCUT2D eigenvalue weighted by atomic mass is 9.83. The molecule has 0 aliphatic heterocycles. The molecule has 4 heteroatoms. The summed E-state index contributed by atoms with van der Waals surface area (Å²) in [6.07, 6.45) is -0.187. The summed E-state index contributed by atoms with van der Waals surface area (Å²) >= 11 is 0. The lowest BCUT2D eigenvalue weighted by molar-refractivity contribution is -0.0669. The van der Waals surface area contributed by atoms with E-state index in [0.29, 0.717) is 0 Å². The Morgan fingerprint density at radius 2 is 1.58 bits per heavy atom. The first-order chi connectivity index (χ1) is 8.90. The maximum Gasteiger partial charge on any atom is 0.0909 e. The van der Waals surface area contributed by atoms with Crippen LogP contribution in [0.2, 0.25) is 0 Å². The summed E-state index contributed by atoms with van der Waals surface area (Å²) in [4.78, 5) is 0. The number of aliphatic hydroxyl groups excluding tert-OH is 2. The van der Waals surface area contributed by atoms with Gasteiger partial charge in [0.15, 0.2) is 0 Å². The maximum absolute atomic E-state index is 8.85. The third-order valence-electron chi connectivity index (χ3n) is 3.18. The van der Waals surface area contributed by atoms with Gasteiger partial charge in [-0.2, -0.15) is 0 Å². The fraction of sp³-hybridized carbons (Fsp3) is 0.867. The Morgan fingerprint density at radius 3 is 1.95 bits per heavy atom. The molecule has 0 bridgehead atoms. The normalized spacial score (nSPS) is 15.4. The van der Waals surface area contributed by atoms with Crippen LogP contribution in [0.3, 0.4) is 0 Å². The number of hydrogen-bond donors (Lipinski definition) is 2. The summed E-state index contributed by atoms with van der Waals surface area (Å²) in [7, 11) is 0. The molecule has 0 radical (unpaired) electrons. The van der Waals surface area contributed by atoms with Gasteiger partial charge in [0, 0.05) is 0 Å². The van der Waals surface area contributed by atoms with Gasteiger partial charge in [-0.15, -0.1) is 0 Å². The molecule has 0 aromatic carbocycles. The number of aliphatic hydroxyl groups is 2. The van der Waals surface area contributed by atoms with Gasteiger partial charge in [-0.3, -0.25) is 0 Å². The van der Waals surface area contributed by atoms with Crippen molar-refractivity contribution < 1.29 is 19.7 Å². The minimum Gasteiger partial charge on any atom is -0.394 e. The van der Waals surface area contributed by atoms with Crippen molar-refractivity contribution in [1.82, 2.24) is 0 Å². The molecule has 0 saturated heterocycles. The zero-order valence-electron chi connectivity index (χ0n) is 13.4. The van der Waals surface area contributed by atoms with E-state index in [-0.39, 0.29) is 38.4 Å². The first-order valence-electron chi connectivity index (χ1n) is 7.06. The third-order valence-corrected chi connectivity index (χ3v) is 3.18. The SMILES string of the molecule is C=C(C(C)OCCO)C(C)(OCCO)C(C)C.CC. The molecule has 0 amide bonds. The maximum atomic E-state index is 8.85. The van der Waals surface area contributed by atoms with Crippen LogP contribution in [0.25, 0.3) is 0 Å². The molecule has 116 valence electrons. The Bertz CT molecular complexity index is 228. The smallest absolute Gasteiger partial charge is 0.0909 e. The molecule has 0 aromatic rings. The molecule has 0 aliphatic rings. The average molecular weight is 276 g/mol. The molecule has 0 saturated carbocycles. The largest absolute Gasteiger partial charge is 0.394 e. The molecule has 2 unspecified atom stereocenters. The van der Waals surface area contributed by atoms with Crippen molar-refractivity contribution in [3.05, 3.63) is 12.2 Å². The lowest BCUT2D eigenvalue weighted by Crippen LogP contribution is -2.42. The van der Waals surface area contributed by atoms with Crippen molar-refractivity contribution >= 4 is 0 Å². The van der Waals surface area contributed by atoms with E-state index in [2.05, 4.69) is 6.58 Å². The highest BCUT2D eigenvalue weighted by Crippen LogP contribution is 2.31. The van der Waals surface area contributed by atoms with E-state index in [9.17, 15) is 0 Å². The van der Waals surface area contributed by atoms with Crippen molar-refractivity contribution in [3.8, 4) is 0 Å². The predicted octanol–water partition coefficient (Wildman–Crippen LogP) is 2.39. The molecule has 2 atom stereocenters. The van der Waals surface area contributed by atoms with Crippen LogP contribution < -0.4 is 0 Å². The highest BCUT2D eigenvalue weighted by molar-refractivity contribution is 5.17. The predicted molar refractivity (Wildman–Crippen MR) is 79.3 cm³/mol. The van der Waals surface area contributed by atoms with Crippen LogP contribution in [0, 0.1) is 5.92 Å². The van der Waals surface area contributed by atoms with Gasteiger partial charge in [-0.1, -0.05) is 34.3 Å². The molecule has 19 heavy (non-hydrogen) atoms. The van der Waals surface area contributed by atoms with Crippen LogP contribution in [0.1, 0.15) is 41.5 Å². The second kappa shape index (κ2) is 11.4. The summed E-state index contributed by atoms with van der Waals surface area (Å²) in [6.45, 7) is 16.5. The van der Waals surface area contributed by atoms with E-state index in [0.717, 1.165) is 5.57 Å². The molecule has 0 aromatic heterocycles. The Morgan fingerprint density at radius 1 is 1.11 bits per heavy atom. The van der Waals surface area contributed by atoms with Gasteiger partial charge >= 0.3 is 0 Å². The molecule has 0 fully saturated rings. The lowest BCUT2D eigenvalue weighted by Gasteiger charge is -2.38. The van der Waals surface area contributed by atoms with Crippen LogP contribution in [0.5, 0.6) is 0 Å². The topological polar surface area (TPSA) is 58.9 Å². The summed E-state index contributed by atoms with van der Waals surface area (Å²) in [5.41, 5.74) is 0.298. The first kappa shape index (κ1) is 20.9. The van der Waals surface area contributed by atoms with E-state index in [1.165, 1.54) is 0 Å². The first-order valence-corrected chi connectivity index (χ1v) is 7.06. The van der Waals surface area contributed by atoms with Gasteiger partial charge in [-0.05, 0) is 25.3 Å². The second-order valence-electron chi connectivity index (χ2n) is 4.60. The van der Waals surface area contributed by atoms with Crippen molar-refractivity contribution in [1.29, 1.82) is 0 Å². The standard InChI is InChI=1S/C13H26O4.C2H6/c1-10(2)13(5,17-9-7-15)11(3)12(4)16-8-6-14;1-2/h10,12,14-15H,3,6-9H2,1-2,4-5H3;1-2H3. The Kier molecular flexibility index (Phi) is 12.5. The van der Waals surface area contributed by atoms with Gasteiger partial charge in [0.2, 0.25) is 0 Å². The van der Waals surface area contributed by atoms with Crippen LogP contribution in [-0.4, -0.2) is 48.3 Å². The van der Waals surface area contributed by atoms with Crippen LogP contribution in [0.15, 0.2) is 12.2 Å². The molecule has 4 nitrogen and oxygen atoms in total. The van der Waals surface area contributed by atoms with E-state index < -0.39 is 5.60 Å². The minimum atomic E-state index is -0.530. The van der Waals surface area contributed by atoms with Crippen LogP contribution in [-0.2, 0) is 9.47 Å². The average Bonchev–Trinajstić information content (AvgIpc) is 2.43. The number of ether oxygens (including phenoxy) is 2. The molecule has 2 N–H and O–H groups in total. The summed E-state index contributed by atoms with van der Waals surface area (Å²) in [5, 5.41) is 17.6. The van der Waals surface area contributed by atoms with Crippen molar-refractivity contribution in [2.24, 2.45) is 5.92 Å². The Labute approximate surface area is 118 Å². The van der Waals surface area contributed by atoms with Gasteiger partial charge in [-0.25, -0.2) is 0 Å². The summed E-state index contributed by atoms with van der Waals surface area (Å²) in [5.74, 6) is 0.224. The van der Waals surface area contributed by atoms with Gasteiger partial charge in [0.05, 0.1) is 38.1 Å². The van der Waals surface area contributed by atoms with Gasteiger partial charge in [0.1, 0.15) is 0 Å².